The van der Waals surface area contributed by atoms with E-state index in [1.165, 1.54) is 38.5 Å². The lowest BCUT2D eigenvalue weighted by Crippen LogP contribution is -2.39. The van der Waals surface area contributed by atoms with Crippen LogP contribution in [0.4, 0.5) is 0 Å². The van der Waals surface area contributed by atoms with E-state index in [0.29, 0.717) is 17.9 Å². The average molecular weight is 552 g/mol. The van der Waals surface area contributed by atoms with Gasteiger partial charge in [0.1, 0.15) is 0 Å². The van der Waals surface area contributed by atoms with Crippen molar-refractivity contribution < 1.29 is 38.3 Å². The van der Waals surface area contributed by atoms with Crippen molar-refractivity contribution in [3.63, 3.8) is 0 Å². The summed E-state index contributed by atoms with van der Waals surface area (Å²) in [7, 11) is 0. The van der Waals surface area contributed by atoms with E-state index in [1.54, 1.807) is 0 Å². The van der Waals surface area contributed by atoms with E-state index in [-0.39, 0.29) is 25.9 Å². The summed E-state index contributed by atoms with van der Waals surface area (Å²) in [6.45, 7) is 4.36. The van der Waals surface area contributed by atoms with Gasteiger partial charge in [0, 0.05) is 19.3 Å². The third-order valence-electron chi connectivity index (χ3n) is 6.48. The zero-order valence-electron chi connectivity index (χ0n) is 24.1. The van der Waals surface area contributed by atoms with Gasteiger partial charge in [-0.15, -0.1) is 5.06 Å². The summed E-state index contributed by atoms with van der Waals surface area (Å²) in [5, 5.41) is 0.370. The molecular formula is C30H49NO8. The fraction of sp³-hybridized carbons (Fsp3) is 0.767. The van der Waals surface area contributed by atoms with Gasteiger partial charge in [-0.2, -0.15) is 0 Å². The third kappa shape index (κ3) is 16.8. The lowest BCUT2D eigenvalue weighted by Gasteiger charge is -2.19. The quantitative estimate of drug-likeness (QED) is 0.0631. The average Bonchev–Trinajstić information content (AvgIpc) is 3.22. The molecule has 0 saturated carbocycles. The van der Waals surface area contributed by atoms with Gasteiger partial charge in [0.15, 0.2) is 0 Å². The zero-order chi connectivity index (χ0) is 28.7. The fourth-order valence-electron chi connectivity index (χ4n) is 4.08. The van der Waals surface area contributed by atoms with Crippen molar-refractivity contribution in [2.75, 3.05) is 6.61 Å². The number of hydrogen-bond donors (Lipinski definition) is 0. The molecule has 0 aromatic heterocycles. The molecule has 0 aromatic carbocycles. The molecule has 1 fully saturated rings. The number of rotatable bonds is 23. The highest BCUT2D eigenvalue weighted by molar-refractivity contribution is 6.02. The summed E-state index contributed by atoms with van der Waals surface area (Å²) in [6, 6.07) is 0. The Balaban J connectivity index is 2.29. The van der Waals surface area contributed by atoms with Crippen molar-refractivity contribution in [2.45, 2.75) is 142 Å². The Kier molecular flexibility index (Phi) is 19.5. The predicted octanol–water partition coefficient (Wildman–Crippen LogP) is 6.28. The van der Waals surface area contributed by atoms with Crippen molar-refractivity contribution in [3.8, 4) is 0 Å². The molecule has 0 N–H and O–H groups in total. The molecule has 0 bridgehead atoms. The molecule has 1 heterocycles. The first-order chi connectivity index (χ1) is 18.9. The number of amides is 2. The summed E-state index contributed by atoms with van der Waals surface area (Å²) in [4.78, 5) is 65.4. The maximum absolute atomic E-state index is 12.5. The summed E-state index contributed by atoms with van der Waals surface area (Å²) >= 11 is 0. The second-order valence-corrected chi connectivity index (χ2v) is 10.1. The molecule has 2 amide bonds. The predicted molar refractivity (Wildman–Crippen MR) is 147 cm³/mol. The highest BCUT2D eigenvalue weighted by Gasteiger charge is 2.37. The molecule has 1 atom stereocenters. The normalized spacial score (nSPS) is 14.2. The molecule has 1 rings (SSSR count). The number of allylic oxidation sites excluding steroid dienone is 2. The Labute approximate surface area is 233 Å². The van der Waals surface area contributed by atoms with Crippen LogP contribution in [0.25, 0.3) is 0 Å². The van der Waals surface area contributed by atoms with Gasteiger partial charge in [-0.3, -0.25) is 19.2 Å². The van der Waals surface area contributed by atoms with Crippen LogP contribution in [0, 0.1) is 0 Å². The first-order valence-corrected chi connectivity index (χ1v) is 15.0. The van der Waals surface area contributed by atoms with Gasteiger partial charge in [0.05, 0.1) is 13.0 Å². The Bertz CT molecular complexity index is 763. The Morgan fingerprint density at radius 2 is 1.28 bits per heavy atom. The minimum Gasteiger partial charge on any atom is -0.466 e. The maximum atomic E-state index is 12.5. The van der Waals surface area contributed by atoms with Crippen molar-refractivity contribution in [3.05, 3.63) is 12.2 Å². The Morgan fingerprint density at radius 3 is 1.87 bits per heavy atom. The topological polar surface area (TPSA) is 116 Å². The van der Waals surface area contributed by atoms with E-state index in [2.05, 4.69) is 19.1 Å². The molecular weight excluding hydrogens is 502 g/mol. The van der Waals surface area contributed by atoms with E-state index in [1.807, 2.05) is 6.92 Å². The number of carbonyl (C=O) groups excluding carboxylic acids is 5. The minimum absolute atomic E-state index is 0.0644. The van der Waals surface area contributed by atoms with Gasteiger partial charge >= 0.3 is 17.9 Å². The molecule has 0 aromatic rings. The first kappa shape index (κ1) is 34.3. The monoisotopic (exact) mass is 551 g/mol. The van der Waals surface area contributed by atoms with Crippen LogP contribution in [0.3, 0.4) is 0 Å². The fourth-order valence-corrected chi connectivity index (χ4v) is 4.08. The number of esters is 2. The molecule has 39 heavy (non-hydrogen) atoms. The molecule has 1 aliphatic heterocycles. The van der Waals surface area contributed by atoms with Crippen LogP contribution in [-0.2, 0) is 38.3 Å². The molecule has 1 aliphatic rings. The number of imide groups is 1. The van der Waals surface area contributed by atoms with Crippen molar-refractivity contribution >= 4 is 29.7 Å². The van der Waals surface area contributed by atoms with Crippen LogP contribution in [0.15, 0.2) is 12.2 Å². The van der Waals surface area contributed by atoms with E-state index in [9.17, 15) is 24.0 Å². The molecule has 222 valence electrons. The number of hydroxylamine groups is 2. The van der Waals surface area contributed by atoms with Gasteiger partial charge in [0.25, 0.3) is 11.8 Å². The summed E-state index contributed by atoms with van der Waals surface area (Å²) in [6.07, 6.45) is 18.6. The Morgan fingerprint density at radius 1 is 0.744 bits per heavy atom. The first-order valence-electron chi connectivity index (χ1n) is 15.0. The van der Waals surface area contributed by atoms with Crippen LogP contribution in [0.2, 0.25) is 0 Å². The minimum atomic E-state index is -1.59. The highest BCUT2D eigenvalue weighted by Crippen LogP contribution is 2.16. The summed E-state index contributed by atoms with van der Waals surface area (Å²) in [5.74, 6) is -3.83. The SMILES string of the molecule is CCCCCCCC/C=C\CCCCCCCC(=O)O[C@@H](CC(=O)OCCCC)C(=O)ON1C(=O)CCC1=O. The van der Waals surface area contributed by atoms with Crippen LogP contribution in [-0.4, -0.2) is 47.5 Å². The van der Waals surface area contributed by atoms with E-state index in [0.717, 1.165) is 44.9 Å². The third-order valence-corrected chi connectivity index (χ3v) is 6.48. The molecule has 1 saturated heterocycles. The zero-order valence-corrected chi connectivity index (χ0v) is 24.1. The number of carbonyl (C=O) groups is 5. The number of unbranched alkanes of at least 4 members (excludes halogenated alkanes) is 12. The van der Waals surface area contributed by atoms with Crippen LogP contribution in [0.5, 0.6) is 0 Å². The molecule has 0 unspecified atom stereocenters. The van der Waals surface area contributed by atoms with Crippen molar-refractivity contribution in [2.24, 2.45) is 0 Å². The highest BCUT2D eigenvalue weighted by atomic mass is 16.7. The van der Waals surface area contributed by atoms with E-state index < -0.39 is 42.2 Å². The maximum Gasteiger partial charge on any atom is 0.374 e. The molecule has 0 aliphatic carbocycles. The lowest BCUT2D eigenvalue weighted by atomic mass is 10.1. The van der Waals surface area contributed by atoms with Crippen molar-refractivity contribution in [1.82, 2.24) is 5.06 Å². The van der Waals surface area contributed by atoms with Crippen LogP contribution >= 0.6 is 0 Å². The number of ether oxygens (including phenoxy) is 2. The lowest BCUT2D eigenvalue weighted by molar-refractivity contribution is -0.206. The summed E-state index contributed by atoms with van der Waals surface area (Å²) in [5.41, 5.74) is 0. The second-order valence-electron chi connectivity index (χ2n) is 10.1. The van der Waals surface area contributed by atoms with Crippen LogP contribution < -0.4 is 0 Å². The van der Waals surface area contributed by atoms with Gasteiger partial charge < -0.3 is 14.3 Å². The van der Waals surface area contributed by atoms with E-state index in [4.69, 9.17) is 14.3 Å². The molecule has 0 radical (unpaired) electrons. The van der Waals surface area contributed by atoms with Gasteiger partial charge in [0.2, 0.25) is 6.10 Å². The number of hydrogen-bond acceptors (Lipinski definition) is 8. The van der Waals surface area contributed by atoms with Gasteiger partial charge in [-0.05, 0) is 38.5 Å². The van der Waals surface area contributed by atoms with Crippen molar-refractivity contribution in [1.29, 1.82) is 0 Å². The van der Waals surface area contributed by atoms with Gasteiger partial charge in [-0.25, -0.2) is 4.79 Å². The Hall–Kier alpha value is -2.71. The van der Waals surface area contributed by atoms with Crippen LogP contribution in [0.1, 0.15) is 136 Å². The standard InChI is InChI=1S/C30H49NO8/c1-3-5-7-8-9-10-11-12-13-14-15-16-17-18-19-20-28(34)38-25(24-29(35)37-23-6-4-2)30(36)39-31-26(32)21-22-27(31)33/h12-13,25H,3-11,14-24H2,1-2H3/b13-12-/t25-/m0/s1. The second kappa shape index (κ2) is 22.1. The molecule has 0 spiro atoms. The molecule has 9 nitrogen and oxygen atoms in total. The van der Waals surface area contributed by atoms with E-state index >= 15 is 0 Å². The number of nitrogens with zero attached hydrogens (tertiary/aromatic N) is 1. The van der Waals surface area contributed by atoms with Gasteiger partial charge in [-0.1, -0.05) is 83.8 Å². The largest absolute Gasteiger partial charge is 0.466 e. The molecule has 9 heteroatoms. The smallest absolute Gasteiger partial charge is 0.374 e. The summed E-state index contributed by atoms with van der Waals surface area (Å²) < 4.78 is 10.3.